The van der Waals surface area contributed by atoms with E-state index in [1.165, 1.54) is 0 Å². The monoisotopic (exact) mass is 362 g/mol. The van der Waals surface area contributed by atoms with Gasteiger partial charge in [-0.3, -0.25) is 4.90 Å². The van der Waals surface area contributed by atoms with Crippen LogP contribution in [0.2, 0.25) is 0 Å². The van der Waals surface area contributed by atoms with Crippen LogP contribution >= 0.6 is 12.4 Å². The first-order valence-electron chi connectivity index (χ1n) is 6.94. The van der Waals surface area contributed by atoms with E-state index in [0.29, 0.717) is 38.3 Å². The van der Waals surface area contributed by atoms with E-state index in [-0.39, 0.29) is 12.4 Å². The maximum atomic E-state index is 13.9. The van der Waals surface area contributed by atoms with Gasteiger partial charge in [0.15, 0.2) is 0 Å². The predicted molar refractivity (Wildman–Crippen MR) is 76.0 cm³/mol. The van der Waals surface area contributed by atoms with Crippen LogP contribution in [-0.2, 0) is 0 Å². The van der Waals surface area contributed by atoms with Gasteiger partial charge in [-0.05, 0) is 6.42 Å². The average Bonchev–Trinajstić information content (AvgIpc) is 2.41. The van der Waals surface area contributed by atoms with Crippen molar-refractivity contribution in [3.05, 3.63) is 35.1 Å². The highest BCUT2D eigenvalue weighted by atomic mass is 35.5. The number of piperazine rings is 1. The summed E-state index contributed by atoms with van der Waals surface area (Å²) in [6.45, 7) is 1.79. The number of alkyl halides is 3. The first-order valence-corrected chi connectivity index (χ1v) is 6.94. The lowest BCUT2D eigenvalue weighted by Crippen LogP contribution is -2.45. The Balaban J connectivity index is 0.00000264. The van der Waals surface area contributed by atoms with Gasteiger partial charge in [-0.1, -0.05) is 0 Å². The molecule has 1 fully saturated rings. The minimum atomic E-state index is -4.42. The summed E-state index contributed by atoms with van der Waals surface area (Å²) >= 11 is 0. The van der Waals surface area contributed by atoms with Crippen molar-refractivity contribution >= 4 is 12.4 Å². The Morgan fingerprint density at radius 2 is 1.57 bits per heavy atom. The fourth-order valence-corrected chi connectivity index (χ4v) is 2.68. The lowest BCUT2D eigenvalue weighted by molar-refractivity contribution is -0.138. The maximum absolute atomic E-state index is 13.9. The van der Waals surface area contributed by atoms with Gasteiger partial charge in [-0.25, -0.2) is 13.2 Å². The first kappa shape index (κ1) is 20.1. The molecule has 2 nitrogen and oxygen atoms in total. The SMILES string of the molecule is Cl.Fc1cc(F)c([C@@H](CCC(F)(F)F)N2CCNCC2)c(F)c1. The number of rotatable bonds is 4. The second kappa shape index (κ2) is 8.21. The van der Waals surface area contributed by atoms with E-state index in [1.54, 1.807) is 4.90 Å². The van der Waals surface area contributed by atoms with Crippen molar-refractivity contribution < 1.29 is 26.3 Å². The lowest BCUT2D eigenvalue weighted by atomic mass is 9.98. The van der Waals surface area contributed by atoms with Crippen LogP contribution in [0.3, 0.4) is 0 Å². The molecule has 1 aromatic rings. The standard InChI is InChI=1S/C14H16F6N2.ClH/c15-9-7-10(16)13(11(17)8-9)12(1-2-14(18,19)20)22-5-3-21-4-6-22;/h7-8,12,21H,1-6H2;1H/t12-;/m1./s1. The predicted octanol–water partition coefficient (Wildman–Crippen LogP) is 3.81. The molecule has 0 aromatic heterocycles. The third kappa shape index (κ3) is 5.54. The smallest absolute Gasteiger partial charge is 0.314 e. The van der Waals surface area contributed by atoms with Crippen molar-refractivity contribution in [3.63, 3.8) is 0 Å². The summed E-state index contributed by atoms with van der Waals surface area (Å²) in [4.78, 5) is 1.60. The Kier molecular flexibility index (Phi) is 7.16. The Bertz CT molecular complexity index is 493. The van der Waals surface area contributed by atoms with Crippen LogP contribution in [0.1, 0.15) is 24.4 Å². The molecule has 1 saturated heterocycles. The quantitative estimate of drug-likeness (QED) is 0.819. The van der Waals surface area contributed by atoms with E-state index in [0.717, 1.165) is 0 Å². The highest BCUT2D eigenvalue weighted by Crippen LogP contribution is 2.34. The molecule has 23 heavy (non-hydrogen) atoms. The summed E-state index contributed by atoms with van der Waals surface area (Å²) < 4.78 is 78.3. The van der Waals surface area contributed by atoms with Crippen LogP contribution in [0.25, 0.3) is 0 Å². The minimum absolute atomic E-state index is 0. The van der Waals surface area contributed by atoms with E-state index in [4.69, 9.17) is 0 Å². The molecule has 0 amide bonds. The van der Waals surface area contributed by atoms with Crippen molar-refractivity contribution in [2.75, 3.05) is 26.2 Å². The van der Waals surface area contributed by atoms with Gasteiger partial charge in [0.05, 0.1) is 0 Å². The lowest BCUT2D eigenvalue weighted by Gasteiger charge is -2.35. The second-order valence-corrected chi connectivity index (χ2v) is 5.24. The molecule has 1 heterocycles. The molecule has 132 valence electrons. The molecule has 1 aromatic carbocycles. The van der Waals surface area contributed by atoms with Gasteiger partial charge in [-0.2, -0.15) is 13.2 Å². The van der Waals surface area contributed by atoms with Crippen molar-refractivity contribution in [1.29, 1.82) is 0 Å². The summed E-state index contributed by atoms with van der Waals surface area (Å²) in [6.07, 6.45) is -6.04. The van der Waals surface area contributed by atoms with Crippen LogP contribution in [0, 0.1) is 17.5 Å². The topological polar surface area (TPSA) is 15.3 Å². The molecule has 1 atom stereocenters. The van der Waals surface area contributed by atoms with E-state index >= 15 is 0 Å². The average molecular weight is 363 g/mol. The molecule has 1 aliphatic rings. The number of nitrogens with zero attached hydrogens (tertiary/aromatic N) is 1. The molecule has 9 heteroatoms. The molecule has 0 aliphatic carbocycles. The zero-order valence-electron chi connectivity index (χ0n) is 12.1. The van der Waals surface area contributed by atoms with Gasteiger partial charge in [0, 0.05) is 56.3 Å². The fourth-order valence-electron chi connectivity index (χ4n) is 2.68. The highest BCUT2D eigenvalue weighted by molar-refractivity contribution is 5.85. The van der Waals surface area contributed by atoms with Crippen LogP contribution in [0.5, 0.6) is 0 Å². The number of halogens is 7. The molecule has 0 bridgehead atoms. The van der Waals surface area contributed by atoms with Gasteiger partial charge < -0.3 is 5.32 Å². The second-order valence-electron chi connectivity index (χ2n) is 5.24. The summed E-state index contributed by atoms with van der Waals surface area (Å²) in [5.41, 5.74) is -0.493. The number of nitrogens with one attached hydrogen (secondary N) is 1. The Hall–Kier alpha value is -0.990. The van der Waals surface area contributed by atoms with Crippen molar-refractivity contribution in [2.24, 2.45) is 0 Å². The van der Waals surface area contributed by atoms with Gasteiger partial charge in [0.25, 0.3) is 0 Å². The molecule has 1 aliphatic heterocycles. The fraction of sp³-hybridized carbons (Fsp3) is 0.571. The zero-order valence-corrected chi connectivity index (χ0v) is 12.9. The largest absolute Gasteiger partial charge is 0.389 e. The minimum Gasteiger partial charge on any atom is -0.314 e. The molecule has 0 radical (unpaired) electrons. The highest BCUT2D eigenvalue weighted by Gasteiger charge is 2.33. The Morgan fingerprint density at radius 1 is 1.04 bits per heavy atom. The van der Waals surface area contributed by atoms with E-state index < -0.39 is 48.1 Å². The van der Waals surface area contributed by atoms with Crippen molar-refractivity contribution in [2.45, 2.75) is 25.1 Å². The van der Waals surface area contributed by atoms with Crippen LogP contribution in [-0.4, -0.2) is 37.3 Å². The molecular formula is C14H17ClF6N2. The summed E-state index contributed by atoms with van der Waals surface area (Å²) in [7, 11) is 0. The van der Waals surface area contributed by atoms with E-state index in [2.05, 4.69) is 5.32 Å². The molecule has 2 rings (SSSR count). The summed E-state index contributed by atoms with van der Waals surface area (Å²) in [5, 5.41) is 3.02. The molecule has 0 unspecified atom stereocenters. The number of hydrogen-bond acceptors (Lipinski definition) is 2. The Morgan fingerprint density at radius 3 is 2.04 bits per heavy atom. The van der Waals surface area contributed by atoms with E-state index in [1.807, 2.05) is 0 Å². The van der Waals surface area contributed by atoms with Gasteiger partial charge >= 0.3 is 6.18 Å². The third-order valence-corrected chi connectivity index (χ3v) is 3.67. The molecule has 0 saturated carbocycles. The maximum Gasteiger partial charge on any atom is 0.389 e. The van der Waals surface area contributed by atoms with Crippen molar-refractivity contribution in [1.82, 2.24) is 10.2 Å². The Labute approximate surface area is 136 Å². The third-order valence-electron chi connectivity index (χ3n) is 3.67. The summed E-state index contributed by atoms with van der Waals surface area (Å²) in [5.74, 6) is -3.39. The van der Waals surface area contributed by atoms with Gasteiger partial charge in [0.1, 0.15) is 17.5 Å². The van der Waals surface area contributed by atoms with Crippen LogP contribution in [0.4, 0.5) is 26.3 Å². The van der Waals surface area contributed by atoms with Crippen LogP contribution < -0.4 is 5.32 Å². The molecular weight excluding hydrogens is 346 g/mol. The van der Waals surface area contributed by atoms with Gasteiger partial charge in [-0.15, -0.1) is 12.4 Å². The zero-order chi connectivity index (χ0) is 16.3. The first-order chi connectivity index (χ1) is 10.3. The van der Waals surface area contributed by atoms with Gasteiger partial charge in [0.2, 0.25) is 0 Å². The summed E-state index contributed by atoms with van der Waals surface area (Å²) in [6, 6.07) is -0.0631. The normalized spacial score (nSPS) is 17.7. The van der Waals surface area contributed by atoms with Crippen molar-refractivity contribution in [3.8, 4) is 0 Å². The molecule has 1 N–H and O–H groups in total. The van der Waals surface area contributed by atoms with Crippen LogP contribution in [0.15, 0.2) is 12.1 Å². The number of hydrogen-bond donors (Lipinski definition) is 1. The number of benzene rings is 1. The molecule has 0 spiro atoms. The van der Waals surface area contributed by atoms with E-state index in [9.17, 15) is 26.3 Å².